The summed E-state index contributed by atoms with van der Waals surface area (Å²) >= 11 is 3.24. The Balaban J connectivity index is 1.71. The molecular formula is C16H12BrFN4O3. The van der Waals surface area contributed by atoms with Gasteiger partial charge in [-0.2, -0.15) is 0 Å². The Bertz CT molecular complexity index is 1000. The lowest BCUT2D eigenvalue weighted by atomic mass is 10.0. The maximum atomic E-state index is 14.2. The van der Waals surface area contributed by atoms with Crippen LogP contribution in [0.25, 0.3) is 5.65 Å². The van der Waals surface area contributed by atoms with Gasteiger partial charge in [0, 0.05) is 30.3 Å². The van der Waals surface area contributed by atoms with Crippen LogP contribution in [0.1, 0.15) is 21.6 Å². The van der Waals surface area contributed by atoms with Crippen LogP contribution in [0.2, 0.25) is 0 Å². The summed E-state index contributed by atoms with van der Waals surface area (Å²) in [6.45, 7) is 0.728. The van der Waals surface area contributed by atoms with E-state index in [0.717, 1.165) is 5.56 Å². The Morgan fingerprint density at radius 2 is 2.28 bits per heavy atom. The van der Waals surface area contributed by atoms with E-state index >= 15 is 0 Å². The first-order chi connectivity index (χ1) is 12.1. The van der Waals surface area contributed by atoms with Crippen molar-refractivity contribution in [1.82, 2.24) is 14.4 Å². The van der Waals surface area contributed by atoms with Gasteiger partial charge in [-0.15, -0.1) is 0 Å². The number of halogens is 2. The molecule has 1 aliphatic heterocycles. The van der Waals surface area contributed by atoms with E-state index < -0.39 is 5.97 Å². The summed E-state index contributed by atoms with van der Waals surface area (Å²) in [7, 11) is 0. The summed E-state index contributed by atoms with van der Waals surface area (Å²) < 4.78 is 21.5. The standard InChI is InChI=1S/C16H12BrFN4O3/c17-14-13(15(23)24)21-12-3-5-19-16(22(12)14)20-7-9-8-4-6-25-11(8)2-1-10(9)18/h1-3,5H,4,6-7H2,(H,19,20)(H,23,24). The van der Waals surface area contributed by atoms with Crippen LogP contribution in [0.4, 0.5) is 10.3 Å². The third-order valence-corrected chi connectivity index (χ3v) is 4.78. The van der Waals surface area contributed by atoms with Crippen LogP contribution in [0, 0.1) is 5.82 Å². The zero-order valence-electron chi connectivity index (χ0n) is 12.8. The van der Waals surface area contributed by atoms with Gasteiger partial charge in [0.15, 0.2) is 5.69 Å². The molecular weight excluding hydrogens is 395 g/mol. The van der Waals surface area contributed by atoms with E-state index in [4.69, 9.17) is 4.74 Å². The molecule has 4 rings (SSSR count). The van der Waals surface area contributed by atoms with Gasteiger partial charge in [-0.3, -0.25) is 4.40 Å². The lowest BCUT2D eigenvalue weighted by molar-refractivity contribution is 0.0690. The number of benzene rings is 1. The second kappa shape index (κ2) is 5.99. The van der Waals surface area contributed by atoms with Gasteiger partial charge in [0.25, 0.3) is 0 Å². The van der Waals surface area contributed by atoms with Crippen molar-refractivity contribution in [3.05, 3.63) is 51.6 Å². The predicted octanol–water partition coefficient (Wildman–Crippen LogP) is 2.88. The van der Waals surface area contributed by atoms with Crippen molar-refractivity contribution in [3.63, 3.8) is 0 Å². The number of hydrogen-bond donors (Lipinski definition) is 2. The Kier molecular flexibility index (Phi) is 3.79. The molecule has 2 aromatic heterocycles. The van der Waals surface area contributed by atoms with E-state index in [0.29, 0.717) is 35.9 Å². The zero-order valence-corrected chi connectivity index (χ0v) is 14.4. The average Bonchev–Trinajstić information content (AvgIpc) is 3.19. The van der Waals surface area contributed by atoms with Gasteiger partial charge >= 0.3 is 5.97 Å². The van der Waals surface area contributed by atoms with Crippen LogP contribution in [-0.2, 0) is 13.0 Å². The second-order valence-corrected chi connectivity index (χ2v) is 6.22. The number of ether oxygens (including phenoxy) is 1. The topological polar surface area (TPSA) is 88.8 Å². The van der Waals surface area contributed by atoms with Crippen molar-refractivity contribution in [2.75, 3.05) is 11.9 Å². The van der Waals surface area contributed by atoms with Gasteiger partial charge < -0.3 is 15.2 Å². The number of anilines is 1. The minimum Gasteiger partial charge on any atom is -0.493 e. The molecule has 0 unspecified atom stereocenters. The molecule has 0 radical (unpaired) electrons. The molecule has 25 heavy (non-hydrogen) atoms. The molecule has 0 aliphatic carbocycles. The Labute approximate surface area is 149 Å². The molecule has 7 nitrogen and oxygen atoms in total. The first-order valence-electron chi connectivity index (χ1n) is 7.49. The molecule has 0 fully saturated rings. The number of carbonyl (C=O) groups is 1. The minimum atomic E-state index is -1.15. The Hall–Kier alpha value is -2.68. The number of fused-ring (bicyclic) bond motifs is 2. The van der Waals surface area contributed by atoms with Crippen molar-refractivity contribution >= 4 is 33.5 Å². The van der Waals surface area contributed by atoms with Gasteiger partial charge in [0.2, 0.25) is 5.95 Å². The minimum absolute atomic E-state index is 0.115. The van der Waals surface area contributed by atoms with E-state index in [1.165, 1.54) is 16.7 Å². The van der Waals surface area contributed by atoms with Gasteiger partial charge in [-0.1, -0.05) is 0 Å². The van der Waals surface area contributed by atoms with Crippen LogP contribution in [0.3, 0.4) is 0 Å². The Morgan fingerprint density at radius 3 is 3.08 bits per heavy atom. The van der Waals surface area contributed by atoms with E-state index in [2.05, 4.69) is 31.2 Å². The lowest BCUT2D eigenvalue weighted by Crippen LogP contribution is -2.09. The molecule has 1 aliphatic rings. The van der Waals surface area contributed by atoms with Gasteiger partial charge in [-0.25, -0.2) is 19.2 Å². The number of nitrogens with zero attached hydrogens (tertiary/aromatic N) is 3. The maximum absolute atomic E-state index is 14.2. The first kappa shape index (κ1) is 15.8. The SMILES string of the molecule is O=C(O)c1nc2ccnc(NCc3c(F)ccc4c3CCO4)n2c1Br. The molecule has 0 saturated carbocycles. The van der Waals surface area contributed by atoms with Crippen LogP contribution < -0.4 is 10.1 Å². The summed E-state index contributed by atoms with van der Waals surface area (Å²) in [5.41, 5.74) is 1.67. The molecule has 128 valence electrons. The molecule has 3 heterocycles. The average molecular weight is 407 g/mol. The van der Waals surface area contributed by atoms with Crippen molar-refractivity contribution in [2.45, 2.75) is 13.0 Å². The highest BCUT2D eigenvalue weighted by molar-refractivity contribution is 9.10. The lowest BCUT2D eigenvalue weighted by Gasteiger charge is -2.12. The molecule has 3 aromatic rings. The number of carboxylic acids is 1. The molecule has 1 aromatic carbocycles. The highest BCUT2D eigenvalue weighted by Gasteiger charge is 2.21. The van der Waals surface area contributed by atoms with Crippen molar-refractivity contribution in [1.29, 1.82) is 0 Å². The van der Waals surface area contributed by atoms with Gasteiger partial charge in [0.05, 0.1) is 6.61 Å². The fraction of sp³-hybridized carbons (Fsp3) is 0.188. The number of aromatic carboxylic acids is 1. The Morgan fingerprint density at radius 1 is 1.44 bits per heavy atom. The number of imidazole rings is 1. The number of aromatic nitrogens is 3. The molecule has 0 spiro atoms. The van der Waals surface area contributed by atoms with Crippen LogP contribution in [0.15, 0.2) is 29.0 Å². The monoisotopic (exact) mass is 406 g/mol. The number of hydrogen-bond acceptors (Lipinski definition) is 5. The summed E-state index contributed by atoms with van der Waals surface area (Å²) in [6.07, 6.45) is 2.16. The maximum Gasteiger partial charge on any atom is 0.357 e. The van der Waals surface area contributed by atoms with Crippen molar-refractivity contribution < 1.29 is 19.0 Å². The highest BCUT2D eigenvalue weighted by Crippen LogP contribution is 2.31. The summed E-state index contributed by atoms with van der Waals surface area (Å²) in [4.78, 5) is 19.5. The highest BCUT2D eigenvalue weighted by atomic mass is 79.9. The molecule has 0 atom stereocenters. The van der Waals surface area contributed by atoms with Crippen LogP contribution >= 0.6 is 15.9 Å². The molecule has 0 amide bonds. The molecule has 2 N–H and O–H groups in total. The summed E-state index contributed by atoms with van der Waals surface area (Å²) in [5.74, 6) is -0.410. The second-order valence-electron chi connectivity index (χ2n) is 5.47. The predicted molar refractivity (Wildman–Crippen MR) is 90.6 cm³/mol. The van der Waals surface area contributed by atoms with E-state index in [9.17, 15) is 14.3 Å². The van der Waals surface area contributed by atoms with E-state index in [-0.39, 0.29) is 22.7 Å². The van der Waals surface area contributed by atoms with Gasteiger partial charge in [-0.05, 0) is 34.1 Å². The molecule has 0 saturated heterocycles. The zero-order chi connectivity index (χ0) is 17.6. The van der Waals surface area contributed by atoms with Crippen molar-refractivity contribution in [3.8, 4) is 5.75 Å². The van der Waals surface area contributed by atoms with Gasteiger partial charge in [0.1, 0.15) is 21.8 Å². The number of rotatable bonds is 4. The fourth-order valence-corrected chi connectivity index (χ4v) is 3.51. The third-order valence-electron chi connectivity index (χ3n) is 4.05. The van der Waals surface area contributed by atoms with E-state index in [1.807, 2.05) is 0 Å². The third kappa shape index (κ3) is 2.60. The number of carboxylic acid groups (broad SMARTS) is 1. The largest absolute Gasteiger partial charge is 0.493 e. The summed E-state index contributed by atoms with van der Waals surface area (Å²) in [5, 5.41) is 12.3. The van der Waals surface area contributed by atoms with Crippen LogP contribution in [0.5, 0.6) is 5.75 Å². The fourth-order valence-electron chi connectivity index (χ4n) is 2.90. The van der Waals surface area contributed by atoms with Crippen molar-refractivity contribution in [2.24, 2.45) is 0 Å². The quantitative estimate of drug-likeness (QED) is 0.692. The first-order valence-corrected chi connectivity index (χ1v) is 8.28. The van der Waals surface area contributed by atoms with E-state index in [1.54, 1.807) is 12.1 Å². The summed E-state index contributed by atoms with van der Waals surface area (Å²) in [6, 6.07) is 4.60. The number of nitrogens with one attached hydrogen (secondary N) is 1. The smallest absolute Gasteiger partial charge is 0.357 e. The molecule has 0 bridgehead atoms. The van der Waals surface area contributed by atoms with Crippen LogP contribution in [-0.4, -0.2) is 32.1 Å². The molecule has 9 heteroatoms. The normalized spacial score (nSPS) is 12.9.